The van der Waals surface area contributed by atoms with Crippen LogP contribution < -0.4 is 74.5 Å². The number of rotatable bonds is 12. The molecule has 0 atom stereocenters. The number of nitro groups is 1. The van der Waals surface area contributed by atoms with Crippen LogP contribution in [0.2, 0.25) is 0 Å². The molecule has 0 unspecified atom stereocenters. The number of para-hydroxylation sites is 1. The van der Waals surface area contributed by atoms with Crippen LogP contribution in [0.4, 0.5) is 51.2 Å². The van der Waals surface area contributed by atoms with Crippen LogP contribution in [0, 0.1) is 17.0 Å². The molecule has 274 valence electrons. The van der Waals surface area contributed by atoms with Crippen molar-refractivity contribution >= 4 is 82.2 Å². The molecule has 0 saturated heterocycles. The topological polar surface area (TPSA) is 240 Å². The Morgan fingerprint density at radius 1 is 0.643 bits per heavy atom. The van der Waals surface area contributed by atoms with Gasteiger partial charge in [0.15, 0.2) is 0 Å². The number of hydrogen-bond donors (Lipinski definition) is 2. The van der Waals surface area contributed by atoms with Crippen LogP contribution in [0.15, 0.2) is 146 Å². The molecule has 0 bridgehead atoms. The second-order valence-electron chi connectivity index (χ2n) is 11.5. The van der Waals surface area contributed by atoms with E-state index in [1.807, 2.05) is 18.2 Å². The summed E-state index contributed by atoms with van der Waals surface area (Å²) in [7, 11) is -8.29. The van der Waals surface area contributed by atoms with Gasteiger partial charge in [-0.3, -0.25) is 10.1 Å². The van der Waals surface area contributed by atoms with Gasteiger partial charge in [0, 0.05) is 40.0 Å². The average Bonchev–Trinajstić information content (AvgIpc) is 3.14. The number of azo groups is 2. The maximum Gasteiger partial charge on any atom is 1.00 e. The standard InChI is InChI=1S/C36H29N7O9S2.2Na/c1-22-19-32(42-40-28-17-18-30(38-23-7-4-3-5-8-23)36-27(28)9-6-10-35(36)54(49,50)51)34(52-2)21-31(22)41-39-25-13-11-24(12-14-25)37-29-16-15-26(53(46,47)48)20-33(29)43(44)45;;/h3-21,37-38H,1-2H3,(H,46,47,48)(H,49,50,51);;/q;2*+1/p-2. The Balaban J connectivity index is 0.00000348. The van der Waals surface area contributed by atoms with E-state index in [1.165, 1.54) is 19.2 Å². The van der Waals surface area contributed by atoms with Gasteiger partial charge in [0.2, 0.25) is 0 Å². The van der Waals surface area contributed by atoms with Crippen LogP contribution in [-0.4, -0.2) is 38.0 Å². The maximum absolute atomic E-state index is 12.3. The normalized spacial score (nSPS) is 11.6. The largest absolute Gasteiger partial charge is 1.00 e. The molecule has 0 spiro atoms. The first-order chi connectivity index (χ1) is 25.7. The number of anilines is 4. The number of hydrogen-bond acceptors (Lipinski definition) is 15. The van der Waals surface area contributed by atoms with E-state index >= 15 is 0 Å². The van der Waals surface area contributed by atoms with E-state index in [-0.39, 0.29) is 70.2 Å². The van der Waals surface area contributed by atoms with Gasteiger partial charge in [-0.15, -0.1) is 10.2 Å². The first-order valence-corrected chi connectivity index (χ1v) is 18.5. The van der Waals surface area contributed by atoms with Crippen molar-refractivity contribution in [2.45, 2.75) is 16.7 Å². The Morgan fingerprint density at radius 3 is 1.91 bits per heavy atom. The minimum absolute atomic E-state index is 0. The van der Waals surface area contributed by atoms with Gasteiger partial charge in [-0.2, -0.15) is 10.2 Å². The first-order valence-electron chi connectivity index (χ1n) is 15.7. The van der Waals surface area contributed by atoms with Crippen molar-refractivity contribution in [3.8, 4) is 5.75 Å². The third kappa shape index (κ3) is 10.4. The molecule has 0 radical (unpaired) electrons. The van der Waals surface area contributed by atoms with E-state index in [1.54, 1.807) is 73.7 Å². The summed E-state index contributed by atoms with van der Waals surface area (Å²) in [6.45, 7) is 1.78. The Hall–Kier alpha value is -4.60. The fraction of sp³-hybridized carbons (Fsp3) is 0.0556. The van der Waals surface area contributed by atoms with E-state index in [9.17, 15) is 36.1 Å². The monoisotopic (exact) mass is 811 g/mol. The predicted octanol–water partition coefficient (Wildman–Crippen LogP) is 3.20. The van der Waals surface area contributed by atoms with E-state index in [0.29, 0.717) is 62.6 Å². The summed E-state index contributed by atoms with van der Waals surface area (Å²) in [6, 6.07) is 29.2. The molecule has 16 nitrogen and oxygen atoms in total. The van der Waals surface area contributed by atoms with Crippen LogP contribution in [0.25, 0.3) is 10.8 Å². The van der Waals surface area contributed by atoms with Crippen molar-refractivity contribution in [1.82, 2.24) is 0 Å². The van der Waals surface area contributed by atoms with Gasteiger partial charge in [-0.25, -0.2) is 16.8 Å². The minimum Gasteiger partial charge on any atom is -0.744 e. The third-order valence-electron chi connectivity index (χ3n) is 7.94. The molecule has 0 aliphatic carbocycles. The minimum atomic E-state index is -4.88. The van der Waals surface area contributed by atoms with Crippen LogP contribution in [0.5, 0.6) is 5.75 Å². The number of fused-ring (bicyclic) bond motifs is 1. The zero-order valence-electron chi connectivity index (χ0n) is 30.2. The Kier molecular flexibility index (Phi) is 14.6. The molecule has 56 heavy (non-hydrogen) atoms. The third-order valence-corrected chi connectivity index (χ3v) is 9.65. The first kappa shape index (κ1) is 44.1. The van der Waals surface area contributed by atoms with Gasteiger partial charge in [0.1, 0.15) is 37.4 Å². The summed E-state index contributed by atoms with van der Waals surface area (Å²) >= 11 is 0. The zero-order chi connectivity index (χ0) is 38.6. The van der Waals surface area contributed by atoms with Crippen molar-refractivity contribution in [3.63, 3.8) is 0 Å². The zero-order valence-corrected chi connectivity index (χ0v) is 35.8. The molecule has 6 aromatic rings. The molecule has 6 aromatic carbocycles. The summed E-state index contributed by atoms with van der Waals surface area (Å²) < 4.78 is 76.3. The summed E-state index contributed by atoms with van der Waals surface area (Å²) in [6.07, 6.45) is 0. The number of methoxy groups -OCH3 is 1. The number of nitro benzene ring substituents is 1. The number of nitrogens with one attached hydrogen (secondary N) is 2. The molecule has 20 heteroatoms. The molecule has 0 saturated carbocycles. The van der Waals surface area contributed by atoms with Crippen molar-refractivity contribution in [2.24, 2.45) is 20.5 Å². The molecule has 0 amide bonds. The number of benzene rings is 6. The predicted molar refractivity (Wildman–Crippen MR) is 199 cm³/mol. The second-order valence-corrected chi connectivity index (χ2v) is 14.3. The summed E-state index contributed by atoms with van der Waals surface area (Å²) in [4.78, 5) is 9.58. The van der Waals surface area contributed by atoms with Crippen LogP contribution in [0.3, 0.4) is 0 Å². The molecule has 0 heterocycles. The Labute approximate surface area is 365 Å². The smallest absolute Gasteiger partial charge is 0.744 e. The van der Waals surface area contributed by atoms with Gasteiger partial charge in [-0.1, -0.05) is 30.3 Å². The average molecular weight is 812 g/mol. The SMILES string of the molecule is COc1cc(N=Nc2ccc(Nc3ccc(S(=O)(=O)[O-])cc3[N+](=O)[O-])cc2)c(C)cc1N=Nc1ccc(Nc2ccccc2)c2c(S(=O)(=O)[O-])cccc12.[Na+].[Na+]. The molecule has 0 aliphatic rings. The second kappa shape index (κ2) is 18.6. The molecular weight excluding hydrogens is 785 g/mol. The van der Waals surface area contributed by atoms with Crippen molar-refractivity contribution in [3.05, 3.63) is 131 Å². The Morgan fingerprint density at radius 2 is 1.27 bits per heavy atom. The van der Waals surface area contributed by atoms with E-state index < -0.39 is 40.6 Å². The number of aryl methyl sites for hydroxylation is 1. The van der Waals surface area contributed by atoms with Crippen molar-refractivity contribution in [1.29, 1.82) is 0 Å². The quantitative estimate of drug-likeness (QED) is 0.0598. The van der Waals surface area contributed by atoms with Crippen LogP contribution in [-0.2, 0) is 20.2 Å². The fourth-order valence-corrected chi connectivity index (χ4v) is 6.56. The van der Waals surface area contributed by atoms with Gasteiger partial charge < -0.3 is 24.5 Å². The number of ether oxygens (including phenoxy) is 1. The van der Waals surface area contributed by atoms with Crippen molar-refractivity contribution in [2.75, 3.05) is 17.7 Å². The van der Waals surface area contributed by atoms with E-state index in [4.69, 9.17) is 4.74 Å². The molecule has 0 aliphatic heterocycles. The summed E-state index contributed by atoms with van der Waals surface area (Å²) in [5.41, 5.74) is 3.08. The molecule has 0 fully saturated rings. The van der Waals surface area contributed by atoms with Crippen LogP contribution in [0.1, 0.15) is 5.56 Å². The molecule has 2 N–H and O–H groups in total. The summed E-state index contributed by atoms with van der Waals surface area (Å²) in [5.74, 6) is 0.310. The van der Waals surface area contributed by atoms with E-state index in [0.717, 1.165) is 12.1 Å². The fourth-order valence-electron chi connectivity index (χ4n) is 5.36. The summed E-state index contributed by atoms with van der Waals surface area (Å²) in [5, 5.41) is 35.4. The van der Waals surface area contributed by atoms with Gasteiger partial charge >= 0.3 is 59.1 Å². The van der Waals surface area contributed by atoms with Gasteiger partial charge in [-0.05, 0) is 85.3 Å². The number of nitrogens with zero attached hydrogens (tertiary/aromatic N) is 5. The molecule has 0 aromatic heterocycles. The molecular formula is C36H27N7Na2O9S2. The van der Waals surface area contributed by atoms with Gasteiger partial charge in [0.25, 0.3) is 5.69 Å². The van der Waals surface area contributed by atoms with Gasteiger partial charge in [0.05, 0.1) is 38.9 Å². The van der Waals surface area contributed by atoms with E-state index in [2.05, 4.69) is 31.1 Å². The van der Waals surface area contributed by atoms with Crippen molar-refractivity contribution < 1.29 is 94.7 Å². The van der Waals surface area contributed by atoms with Crippen LogP contribution >= 0.6 is 0 Å². The Bertz CT molecular complexity index is 2700. The molecule has 6 rings (SSSR count). The maximum atomic E-state index is 12.3.